The van der Waals surface area contributed by atoms with Crippen LogP contribution >= 0.6 is 15.9 Å². The number of ether oxygens (including phenoxy) is 1. The Morgan fingerprint density at radius 2 is 1.96 bits per heavy atom. The zero-order valence-electron chi connectivity index (χ0n) is 13.3. The number of aromatic amines is 1. The maximum Gasteiger partial charge on any atom is 0.178 e. The molecule has 1 aliphatic heterocycles. The van der Waals surface area contributed by atoms with E-state index in [2.05, 4.69) is 35.8 Å². The molecule has 1 N–H and O–H groups in total. The van der Waals surface area contributed by atoms with Gasteiger partial charge in [0.25, 0.3) is 0 Å². The van der Waals surface area contributed by atoms with E-state index < -0.39 is 0 Å². The highest BCUT2D eigenvalue weighted by Crippen LogP contribution is 2.23. The Hall–Kier alpha value is -1.92. The summed E-state index contributed by atoms with van der Waals surface area (Å²) >= 11 is 3.43. The van der Waals surface area contributed by atoms with Crippen LogP contribution in [0.1, 0.15) is 12.8 Å². The second-order valence-electron chi connectivity index (χ2n) is 6.03. The highest BCUT2D eigenvalue weighted by atomic mass is 79.9. The molecule has 0 radical (unpaired) electrons. The van der Waals surface area contributed by atoms with E-state index >= 15 is 0 Å². The largest absolute Gasteiger partial charge is 0.492 e. The van der Waals surface area contributed by atoms with Crippen LogP contribution < -0.4 is 4.74 Å². The van der Waals surface area contributed by atoms with Gasteiger partial charge >= 0.3 is 0 Å². The third-order valence-corrected chi connectivity index (χ3v) is 4.74. The van der Waals surface area contributed by atoms with Gasteiger partial charge in [-0.1, -0.05) is 0 Å². The fourth-order valence-corrected chi connectivity index (χ4v) is 3.35. The molecule has 0 spiro atoms. The summed E-state index contributed by atoms with van der Waals surface area (Å²) < 4.78 is 6.78. The van der Waals surface area contributed by atoms with E-state index in [1.807, 2.05) is 30.3 Å². The highest BCUT2D eigenvalue weighted by molar-refractivity contribution is 9.10. The molecule has 24 heavy (non-hydrogen) atoms. The Balaban J connectivity index is 1.42. The van der Waals surface area contributed by atoms with Crippen LogP contribution in [0.15, 0.2) is 41.0 Å². The first-order valence-electron chi connectivity index (χ1n) is 8.25. The molecule has 3 aromatic rings. The quantitative estimate of drug-likeness (QED) is 0.723. The first-order valence-corrected chi connectivity index (χ1v) is 9.04. The van der Waals surface area contributed by atoms with Gasteiger partial charge in [-0.15, -0.1) is 0 Å². The molecule has 0 unspecified atom stereocenters. The molecule has 1 aliphatic rings. The Labute approximate surface area is 149 Å². The Morgan fingerprint density at radius 1 is 1.17 bits per heavy atom. The Kier molecular flexibility index (Phi) is 4.49. The number of pyridine rings is 1. The van der Waals surface area contributed by atoms with Crippen LogP contribution in [0.5, 0.6) is 5.75 Å². The summed E-state index contributed by atoms with van der Waals surface area (Å²) in [5.74, 6) is 1.72. The lowest BCUT2D eigenvalue weighted by Gasteiger charge is -2.14. The van der Waals surface area contributed by atoms with Gasteiger partial charge in [0.2, 0.25) is 0 Å². The monoisotopic (exact) mass is 386 g/mol. The van der Waals surface area contributed by atoms with Crippen LogP contribution in [0.25, 0.3) is 22.6 Å². The summed E-state index contributed by atoms with van der Waals surface area (Å²) in [5, 5.41) is 0. The van der Waals surface area contributed by atoms with E-state index in [4.69, 9.17) is 4.74 Å². The predicted octanol–water partition coefficient (Wildman–Crippen LogP) is 3.86. The standard InChI is InChI=1S/C18H19BrN4O/c19-14-11-16-18(20-12-14)22-17(21-16)13-3-5-15(6-4-13)24-10-9-23-7-1-2-8-23/h3-6,11-12H,1-2,7-10H2,(H,20,21,22). The number of hydrogen-bond donors (Lipinski definition) is 1. The van der Waals surface area contributed by atoms with Crippen molar-refractivity contribution in [2.45, 2.75) is 12.8 Å². The first kappa shape index (κ1) is 15.6. The molecular weight excluding hydrogens is 368 g/mol. The van der Waals surface area contributed by atoms with Crippen LogP contribution in [-0.2, 0) is 0 Å². The SMILES string of the molecule is Brc1cnc2nc(-c3ccc(OCCN4CCCC4)cc3)[nH]c2c1. The zero-order chi connectivity index (χ0) is 16.4. The van der Waals surface area contributed by atoms with Crippen LogP contribution in [0.4, 0.5) is 0 Å². The molecule has 0 bridgehead atoms. The maximum absolute atomic E-state index is 5.84. The summed E-state index contributed by atoms with van der Waals surface area (Å²) in [6.45, 7) is 4.16. The maximum atomic E-state index is 5.84. The summed E-state index contributed by atoms with van der Waals surface area (Å²) in [4.78, 5) is 14.6. The van der Waals surface area contributed by atoms with Crippen LogP contribution in [-0.4, -0.2) is 46.1 Å². The number of nitrogens with one attached hydrogen (secondary N) is 1. The summed E-state index contributed by atoms with van der Waals surface area (Å²) in [6.07, 6.45) is 4.39. The van der Waals surface area contributed by atoms with Gasteiger partial charge in [0, 0.05) is 22.8 Å². The minimum Gasteiger partial charge on any atom is -0.492 e. The van der Waals surface area contributed by atoms with Gasteiger partial charge in [-0.05, 0) is 72.2 Å². The zero-order valence-corrected chi connectivity index (χ0v) is 14.9. The molecule has 4 rings (SSSR count). The molecule has 0 atom stereocenters. The molecule has 0 amide bonds. The molecule has 1 fully saturated rings. The Bertz CT molecular complexity index is 825. The highest BCUT2D eigenvalue weighted by Gasteiger charge is 2.11. The average molecular weight is 387 g/mol. The lowest BCUT2D eigenvalue weighted by atomic mass is 10.2. The van der Waals surface area contributed by atoms with Gasteiger partial charge in [-0.2, -0.15) is 0 Å². The number of benzene rings is 1. The van der Waals surface area contributed by atoms with E-state index in [1.165, 1.54) is 25.9 Å². The van der Waals surface area contributed by atoms with Crippen molar-refractivity contribution in [1.29, 1.82) is 0 Å². The number of imidazole rings is 1. The predicted molar refractivity (Wildman–Crippen MR) is 98.2 cm³/mol. The summed E-state index contributed by atoms with van der Waals surface area (Å²) in [6, 6.07) is 10.0. The topological polar surface area (TPSA) is 54.0 Å². The van der Waals surface area contributed by atoms with Crippen LogP contribution in [0, 0.1) is 0 Å². The van der Waals surface area contributed by atoms with E-state index in [0.29, 0.717) is 0 Å². The van der Waals surface area contributed by atoms with Gasteiger partial charge in [0.05, 0.1) is 5.52 Å². The normalized spacial score (nSPS) is 15.2. The number of hydrogen-bond acceptors (Lipinski definition) is 4. The van der Waals surface area contributed by atoms with E-state index in [9.17, 15) is 0 Å². The van der Waals surface area contributed by atoms with Crippen LogP contribution in [0.3, 0.4) is 0 Å². The molecular formula is C18H19BrN4O. The van der Waals surface area contributed by atoms with Gasteiger partial charge in [0.1, 0.15) is 18.2 Å². The second-order valence-corrected chi connectivity index (χ2v) is 6.95. The Morgan fingerprint density at radius 3 is 2.75 bits per heavy atom. The number of likely N-dealkylation sites (tertiary alicyclic amines) is 1. The third kappa shape index (κ3) is 3.44. The fraction of sp³-hybridized carbons (Fsp3) is 0.333. The van der Waals surface area contributed by atoms with E-state index in [1.54, 1.807) is 6.20 Å². The van der Waals surface area contributed by atoms with Crippen molar-refractivity contribution in [2.75, 3.05) is 26.2 Å². The van der Waals surface area contributed by atoms with Crippen molar-refractivity contribution < 1.29 is 4.74 Å². The van der Waals surface area contributed by atoms with Crippen molar-refractivity contribution >= 4 is 27.1 Å². The smallest absolute Gasteiger partial charge is 0.178 e. The number of nitrogens with zero attached hydrogens (tertiary/aromatic N) is 3. The molecule has 6 heteroatoms. The van der Waals surface area contributed by atoms with Crippen molar-refractivity contribution in [3.63, 3.8) is 0 Å². The molecule has 1 saturated heterocycles. The number of rotatable bonds is 5. The third-order valence-electron chi connectivity index (χ3n) is 4.31. The summed E-state index contributed by atoms with van der Waals surface area (Å²) in [5.41, 5.74) is 2.67. The molecule has 0 saturated carbocycles. The molecule has 5 nitrogen and oxygen atoms in total. The van der Waals surface area contributed by atoms with Crippen molar-refractivity contribution in [3.8, 4) is 17.1 Å². The number of fused-ring (bicyclic) bond motifs is 1. The average Bonchev–Trinajstić information content (AvgIpc) is 3.24. The van der Waals surface area contributed by atoms with Gasteiger partial charge in [-0.25, -0.2) is 9.97 Å². The molecule has 0 aliphatic carbocycles. The lowest BCUT2D eigenvalue weighted by molar-refractivity contribution is 0.238. The molecule has 1 aromatic carbocycles. The van der Waals surface area contributed by atoms with Crippen LogP contribution in [0.2, 0.25) is 0 Å². The summed E-state index contributed by atoms with van der Waals surface area (Å²) in [7, 11) is 0. The van der Waals surface area contributed by atoms with E-state index in [0.717, 1.165) is 45.9 Å². The van der Waals surface area contributed by atoms with Gasteiger partial charge < -0.3 is 9.72 Å². The van der Waals surface area contributed by atoms with Crippen molar-refractivity contribution in [3.05, 3.63) is 41.0 Å². The number of aromatic nitrogens is 3. The lowest BCUT2D eigenvalue weighted by Crippen LogP contribution is -2.25. The van der Waals surface area contributed by atoms with E-state index in [-0.39, 0.29) is 0 Å². The van der Waals surface area contributed by atoms with Gasteiger partial charge in [-0.3, -0.25) is 4.90 Å². The minimum absolute atomic E-state index is 0.721. The first-order chi connectivity index (χ1) is 11.8. The number of halogens is 1. The van der Waals surface area contributed by atoms with Crippen molar-refractivity contribution in [2.24, 2.45) is 0 Å². The van der Waals surface area contributed by atoms with Gasteiger partial charge in [0.15, 0.2) is 5.65 Å². The fourth-order valence-electron chi connectivity index (χ4n) is 3.02. The number of H-pyrrole nitrogens is 1. The molecule has 124 valence electrons. The minimum atomic E-state index is 0.721. The molecule has 3 heterocycles. The molecule has 2 aromatic heterocycles. The van der Waals surface area contributed by atoms with Crippen molar-refractivity contribution in [1.82, 2.24) is 19.9 Å². The second kappa shape index (κ2) is 6.91.